The van der Waals surface area contributed by atoms with E-state index in [9.17, 15) is 9.59 Å². The number of pyridine rings is 1. The predicted molar refractivity (Wildman–Crippen MR) is 115 cm³/mol. The molecule has 0 radical (unpaired) electrons. The van der Waals surface area contributed by atoms with Gasteiger partial charge in [0.05, 0.1) is 5.52 Å². The van der Waals surface area contributed by atoms with E-state index in [0.717, 1.165) is 23.7 Å². The van der Waals surface area contributed by atoms with E-state index in [1.807, 2.05) is 24.3 Å². The lowest BCUT2D eigenvalue weighted by Crippen LogP contribution is -2.43. The van der Waals surface area contributed by atoms with E-state index in [0.29, 0.717) is 34.7 Å². The first-order valence-electron chi connectivity index (χ1n) is 9.41. The number of halogens is 2. The summed E-state index contributed by atoms with van der Waals surface area (Å²) in [6.45, 7) is 1.07. The summed E-state index contributed by atoms with van der Waals surface area (Å²) < 4.78 is 0. The van der Waals surface area contributed by atoms with E-state index in [-0.39, 0.29) is 0 Å². The summed E-state index contributed by atoms with van der Waals surface area (Å²) in [7, 11) is 0. The molecule has 2 aromatic carbocycles. The van der Waals surface area contributed by atoms with Gasteiger partial charge in [-0.15, -0.1) is 0 Å². The summed E-state index contributed by atoms with van der Waals surface area (Å²) in [5.41, 5.74) is 2.63. The molecule has 1 aliphatic heterocycles. The Kier molecular flexibility index (Phi) is 5.69. The van der Waals surface area contributed by atoms with E-state index in [1.54, 1.807) is 35.4 Å². The van der Waals surface area contributed by atoms with Crippen LogP contribution in [0.25, 0.3) is 10.9 Å². The molecule has 0 bridgehead atoms. The van der Waals surface area contributed by atoms with Crippen LogP contribution in [0.2, 0.25) is 10.0 Å². The Morgan fingerprint density at radius 1 is 0.966 bits per heavy atom. The lowest BCUT2D eigenvalue weighted by molar-refractivity contribution is -0.143. The van der Waals surface area contributed by atoms with E-state index in [2.05, 4.69) is 10.3 Å². The zero-order valence-corrected chi connectivity index (χ0v) is 17.1. The maximum atomic E-state index is 12.5. The Bertz CT molecular complexity index is 1060. The number of nitrogens with one attached hydrogen (secondary N) is 1. The van der Waals surface area contributed by atoms with Crippen molar-refractivity contribution in [3.63, 3.8) is 0 Å². The van der Waals surface area contributed by atoms with Crippen molar-refractivity contribution in [3.05, 3.63) is 70.3 Å². The molecule has 3 aromatic rings. The van der Waals surface area contributed by atoms with Crippen LogP contribution in [-0.4, -0.2) is 34.8 Å². The number of nitrogens with zero attached hydrogens (tertiary/aromatic N) is 2. The largest absolute Gasteiger partial charge is 0.334 e. The number of fused-ring (bicyclic) bond motifs is 1. The molecule has 1 N–H and O–H groups in total. The molecule has 148 valence electrons. The van der Waals surface area contributed by atoms with Crippen molar-refractivity contribution in [1.82, 2.24) is 9.88 Å². The van der Waals surface area contributed by atoms with Crippen LogP contribution in [0.4, 0.5) is 5.69 Å². The highest BCUT2D eigenvalue weighted by atomic mass is 35.5. The number of anilines is 1. The maximum Gasteiger partial charge on any atom is 0.313 e. The van der Waals surface area contributed by atoms with E-state index in [4.69, 9.17) is 23.2 Å². The standard InChI is InChI=1S/C22H19Cl2N3O2/c23-15-1-4-17(5-2-15)26-21(28)22(29)27-11-8-14(9-12-27)18-7-10-25-20-13-16(24)3-6-19(18)20/h1-7,10,13-14H,8-9,11-12H2,(H,26,28). The molecule has 5 nitrogen and oxygen atoms in total. The fourth-order valence-corrected chi connectivity index (χ4v) is 4.05. The molecule has 1 fully saturated rings. The van der Waals surface area contributed by atoms with Gasteiger partial charge in [0.1, 0.15) is 0 Å². The van der Waals surface area contributed by atoms with E-state index < -0.39 is 11.8 Å². The van der Waals surface area contributed by atoms with Crippen molar-refractivity contribution in [1.29, 1.82) is 0 Å². The zero-order valence-electron chi connectivity index (χ0n) is 15.6. The smallest absolute Gasteiger partial charge is 0.313 e. The minimum Gasteiger partial charge on any atom is -0.334 e. The Morgan fingerprint density at radius 2 is 1.66 bits per heavy atom. The summed E-state index contributed by atoms with van der Waals surface area (Å²) in [5, 5.41) is 4.95. The number of hydrogen-bond donors (Lipinski definition) is 1. The third-order valence-corrected chi connectivity index (χ3v) is 5.74. The molecule has 0 unspecified atom stereocenters. The zero-order chi connectivity index (χ0) is 20.4. The van der Waals surface area contributed by atoms with Gasteiger partial charge in [0, 0.05) is 40.4 Å². The summed E-state index contributed by atoms with van der Waals surface area (Å²) in [6.07, 6.45) is 3.38. The fourth-order valence-electron chi connectivity index (χ4n) is 3.75. The quantitative estimate of drug-likeness (QED) is 0.592. The Balaban J connectivity index is 1.41. The van der Waals surface area contributed by atoms with Gasteiger partial charge in [0.15, 0.2) is 0 Å². The molecule has 0 saturated carbocycles. The van der Waals surface area contributed by atoms with Gasteiger partial charge in [-0.3, -0.25) is 14.6 Å². The van der Waals surface area contributed by atoms with Gasteiger partial charge in [0.25, 0.3) is 0 Å². The van der Waals surface area contributed by atoms with Gasteiger partial charge in [0.2, 0.25) is 0 Å². The van der Waals surface area contributed by atoms with Crippen LogP contribution < -0.4 is 5.32 Å². The van der Waals surface area contributed by atoms with Gasteiger partial charge in [-0.25, -0.2) is 0 Å². The number of hydrogen-bond acceptors (Lipinski definition) is 3. The molecular weight excluding hydrogens is 409 g/mol. The molecule has 29 heavy (non-hydrogen) atoms. The number of piperidine rings is 1. The summed E-state index contributed by atoms with van der Waals surface area (Å²) in [4.78, 5) is 30.8. The lowest BCUT2D eigenvalue weighted by Gasteiger charge is -2.32. The van der Waals surface area contributed by atoms with E-state index in [1.165, 1.54) is 5.56 Å². The number of aromatic nitrogens is 1. The van der Waals surface area contributed by atoms with Gasteiger partial charge < -0.3 is 10.2 Å². The van der Waals surface area contributed by atoms with Crippen molar-refractivity contribution in [2.45, 2.75) is 18.8 Å². The van der Waals surface area contributed by atoms with Gasteiger partial charge in [-0.05, 0) is 66.8 Å². The molecule has 1 saturated heterocycles. The number of amides is 2. The van der Waals surface area contributed by atoms with Crippen molar-refractivity contribution in [2.24, 2.45) is 0 Å². The average Bonchev–Trinajstić information content (AvgIpc) is 2.74. The number of likely N-dealkylation sites (tertiary alicyclic amines) is 1. The Labute approximate surface area is 178 Å². The molecule has 2 amide bonds. The molecule has 1 aliphatic rings. The second kappa shape index (κ2) is 8.39. The number of carbonyl (C=O) groups is 2. The third kappa shape index (κ3) is 4.36. The van der Waals surface area contributed by atoms with E-state index >= 15 is 0 Å². The van der Waals surface area contributed by atoms with Crippen molar-refractivity contribution < 1.29 is 9.59 Å². The first-order valence-corrected chi connectivity index (χ1v) is 10.2. The SMILES string of the molecule is O=C(Nc1ccc(Cl)cc1)C(=O)N1CCC(c2ccnc3cc(Cl)ccc23)CC1. The minimum absolute atomic E-state index is 0.310. The molecule has 4 rings (SSSR count). The number of benzene rings is 2. The first-order chi connectivity index (χ1) is 14.0. The topological polar surface area (TPSA) is 62.3 Å². The summed E-state index contributed by atoms with van der Waals surface area (Å²) in [5.74, 6) is -0.829. The van der Waals surface area contributed by atoms with Gasteiger partial charge >= 0.3 is 11.8 Å². The highest BCUT2D eigenvalue weighted by molar-refractivity contribution is 6.39. The Morgan fingerprint density at radius 3 is 2.38 bits per heavy atom. The summed E-state index contributed by atoms with van der Waals surface area (Å²) in [6, 6.07) is 14.4. The molecule has 0 aliphatic carbocycles. The second-order valence-electron chi connectivity index (χ2n) is 7.09. The van der Waals surface area contributed by atoms with Crippen LogP contribution in [0.1, 0.15) is 24.3 Å². The van der Waals surface area contributed by atoms with Gasteiger partial charge in [-0.1, -0.05) is 29.3 Å². The first kappa shape index (κ1) is 19.7. The second-order valence-corrected chi connectivity index (χ2v) is 7.96. The van der Waals surface area contributed by atoms with Gasteiger partial charge in [-0.2, -0.15) is 0 Å². The molecule has 1 aromatic heterocycles. The lowest BCUT2D eigenvalue weighted by atomic mass is 9.87. The molecular formula is C22H19Cl2N3O2. The fraction of sp³-hybridized carbons (Fsp3) is 0.227. The van der Waals surface area contributed by atoms with Crippen molar-refractivity contribution in [3.8, 4) is 0 Å². The van der Waals surface area contributed by atoms with Crippen LogP contribution in [0, 0.1) is 0 Å². The number of rotatable bonds is 2. The third-order valence-electron chi connectivity index (χ3n) is 5.26. The molecule has 0 atom stereocenters. The Hall–Kier alpha value is -2.63. The van der Waals surface area contributed by atoms with Crippen LogP contribution in [0.3, 0.4) is 0 Å². The number of carbonyl (C=O) groups excluding carboxylic acids is 2. The molecule has 7 heteroatoms. The summed E-state index contributed by atoms with van der Waals surface area (Å²) >= 11 is 11.9. The van der Waals surface area contributed by atoms with Crippen molar-refractivity contribution >= 4 is 51.6 Å². The predicted octanol–water partition coefficient (Wildman–Crippen LogP) is 4.89. The van der Waals surface area contributed by atoms with Crippen LogP contribution in [0.5, 0.6) is 0 Å². The average molecular weight is 428 g/mol. The highest BCUT2D eigenvalue weighted by Crippen LogP contribution is 2.33. The van der Waals surface area contributed by atoms with Crippen LogP contribution >= 0.6 is 23.2 Å². The van der Waals surface area contributed by atoms with Crippen molar-refractivity contribution in [2.75, 3.05) is 18.4 Å². The highest BCUT2D eigenvalue weighted by Gasteiger charge is 2.28. The molecule has 0 spiro atoms. The monoisotopic (exact) mass is 427 g/mol. The maximum absolute atomic E-state index is 12.5. The normalized spacial score (nSPS) is 14.8. The van der Waals surface area contributed by atoms with Crippen LogP contribution in [-0.2, 0) is 9.59 Å². The minimum atomic E-state index is -0.630. The molecule has 2 heterocycles. The van der Waals surface area contributed by atoms with Crippen LogP contribution in [0.15, 0.2) is 54.7 Å².